The third-order valence-corrected chi connectivity index (χ3v) is 3.26. The molecule has 1 aliphatic carbocycles. The van der Waals surface area contributed by atoms with Crippen molar-refractivity contribution in [3.63, 3.8) is 0 Å². The van der Waals surface area contributed by atoms with Crippen molar-refractivity contribution in [3.05, 3.63) is 35.9 Å². The molecule has 3 rings (SSSR count). The molecule has 0 bridgehead atoms. The van der Waals surface area contributed by atoms with E-state index < -0.39 is 0 Å². The van der Waals surface area contributed by atoms with Crippen molar-refractivity contribution in [3.8, 4) is 0 Å². The number of hydrogen-bond donors (Lipinski definition) is 0. The van der Waals surface area contributed by atoms with Gasteiger partial charge >= 0.3 is 6.09 Å². The van der Waals surface area contributed by atoms with Crippen LogP contribution in [0.5, 0.6) is 0 Å². The van der Waals surface area contributed by atoms with Gasteiger partial charge in [-0.3, -0.25) is 4.90 Å². The molecule has 1 saturated carbocycles. The van der Waals surface area contributed by atoms with E-state index in [1.807, 2.05) is 35.2 Å². The van der Waals surface area contributed by atoms with Crippen molar-refractivity contribution in [2.24, 2.45) is 0 Å². The van der Waals surface area contributed by atoms with Gasteiger partial charge in [-0.25, -0.2) is 4.79 Å². The van der Waals surface area contributed by atoms with Crippen molar-refractivity contribution in [2.75, 3.05) is 0 Å². The zero-order valence-electron chi connectivity index (χ0n) is 8.43. The van der Waals surface area contributed by atoms with E-state index in [4.69, 9.17) is 4.74 Å². The Morgan fingerprint density at radius 3 is 2.67 bits per heavy atom. The second-order valence-corrected chi connectivity index (χ2v) is 4.18. The molecule has 1 aromatic rings. The van der Waals surface area contributed by atoms with E-state index in [-0.39, 0.29) is 12.2 Å². The van der Waals surface area contributed by atoms with Crippen LogP contribution >= 0.6 is 0 Å². The molecule has 1 aliphatic heterocycles. The highest BCUT2D eigenvalue weighted by Crippen LogP contribution is 2.35. The Morgan fingerprint density at radius 2 is 2.07 bits per heavy atom. The first-order chi connectivity index (χ1) is 7.34. The van der Waals surface area contributed by atoms with Gasteiger partial charge in [0.25, 0.3) is 0 Å². The maximum atomic E-state index is 11.5. The molecule has 2 atom stereocenters. The summed E-state index contributed by atoms with van der Waals surface area (Å²) in [6, 6.07) is 10.4. The summed E-state index contributed by atoms with van der Waals surface area (Å²) in [6.45, 7) is 0.681. The number of amides is 1. The molecule has 2 fully saturated rings. The fraction of sp³-hybridized carbons (Fsp3) is 0.417. The summed E-state index contributed by atoms with van der Waals surface area (Å²) < 4.78 is 5.23. The minimum Gasteiger partial charge on any atom is -0.444 e. The van der Waals surface area contributed by atoms with Crippen LogP contribution in [0.4, 0.5) is 4.79 Å². The van der Waals surface area contributed by atoms with Gasteiger partial charge in [-0.2, -0.15) is 0 Å². The Morgan fingerprint density at radius 1 is 1.27 bits per heavy atom. The number of carbonyl (C=O) groups excluding carboxylic acids is 1. The monoisotopic (exact) mass is 203 g/mol. The highest BCUT2D eigenvalue weighted by molar-refractivity contribution is 5.71. The van der Waals surface area contributed by atoms with Gasteiger partial charge in [0.05, 0.1) is 6.04 Å². The third-order valence-electron chi connectivity index (χ3n) is 3.26. The smallest absolute Gasteiger partial charge is 0.410 e. The zero-order chi connectivity index (χ0) is 10.3. The van der Waals surface area contributed by atoms with Gasteiger partial charge in [0.15, 0.2) is 0 Å². The Balaban J connectivity index is 1.75. The SMILES string of the molecule is O=C1O[C@H]2CC[C@H]2N1Cc1ccccc1. The van der Waals surface area contributed by atoms with Crippen LogP contribution in [0, 0.1) is 0 Å². The van der Waals surface area contributed by atoms with Gasteiger partial charge in [0.1, 0.15) is 6.10 Å². The molecule has 1 aromatic carbocycles. The quantitative estimate of drug-likeness (QED) is 0.737. The number of ether oxygens (including phenoxy) is 1. The second-order valence-electron chi connectivity index (χ2n) is 4.18. The number of fused-ring (bicyclic) bond motifs is 1. The van der Waals surface area contributed by atoms with Crippen molar-refractivity contribution in [2.45, 2.75) is 31.5 Å². The van der Waals surface area contributed by atoms with Crippen LogP contribution in [0.1, 0.15) is 18.4 Å². The van der Waals surface area contributed by atoms with Crippen LogP contribution < -0.4 is 0 Å². The van der Waals surface area contributed by atoms with E-state index in [1.54, 1.807) is 0 Å². The normalized spacial score (nSPS) is 28.3. The molecule has 3 heteroatoms. The van der Waals surface area contributed by atoms with E-state index in [0.29, 0.717) is 12.6 Å². The summed E-state index contributed by atoms with van der Waals surface area (Å²) in [4.78, 5) is 13.4. The van der Waals surface area contributed by atoms with E-state index in [0.717, 1.165) is 12.8 Å². The van der Waals surface area contributed by atoms with E-state index >= 15 is 0 Å². The second kappa shape index (κ2) is 3.26. The molecule has 3 nitrogen and oxygen atoms in total. The number of rotatable bonds is 2. The average molecular weight is 203 g/mol. The summed E-state index contributed by atoms with van der Waals surface area (Å²) in [6.07, 6.45) is 2.14. The lowest BCUT2D eigenvalue weighted by atomic mass is 9.89. The molecule has 2 aliphatic rings. The Labute approximate surface area is 88.6 Å². The van der Waals surface area contributed by atoms with Crippen molar-refractivity contribution >= 4 is 6.09 Å². The molecule has 0 aromatic heterocycles. The van der Waals surface area contributed by atoms with Crippen molar-refractivity contribution < 1.29 is 9.53 Å². The zero-order valence-corrected chi connectivity index (χ0v) is 8.43. The molecule has 0 unspecified atom stereocenters. The van der Waals surface area contributed by atoms with Gasteiger partial charge in [-0.1, -0.05) is 30.3 Å². The fourth-order valence-corrected chi connectivity index (χ4v) is 2.24. The van der Waals surface area contributed by atoms with Gasteiger partial charge < -0.3 is 4.74 Å². The molecule has 0 radical (unpaired) electrons. The summed E-state index contributed by atoms with van der Waals surface area (Å²) in [5.41, 5.74) is 1.17. The van der Waals surface area contributed by atoms with Gasteiger partial charge in [-0.15, -0.1) is 0 Å². The highest BCUT2D eigenvalue weighted by Gasteiger charge is 2.47. The van der Waals surface area contributed by atoms with Gasteiger partial charge in [0.2, 0.25) is 0 Å². The van der Waals surface area contributed by atoms with Gasteiger partial charge in [0, 0.05) is 6.54 Å². The number of nitrogens with zero attached hydrogens (tertiary/aromatic N) is 1. The molecule has 1 heterocycles. The first-order valence-corrected chi connectivity index (χ1v) is 5.36. The summed E-state index contributed by atoms with van der Waals surface area (Å²) in [5, 5.41) is 0. The molecule has 1 saturated heterocycles. The average Bonchev–Trinajstić information content (AvgIpc) is 2.43. The summed E-state index contributed by atoms with van der Waals surface area (Å²) >= 11 is 0. The van der Waals surface area contributed by atoms with E-state index in [2.05, 4.69) is 0 Å². The van der Waals surface area contributed by atoms with Crippen molar-refractivity contribution in [1.29, 1.82) is 0 Å². The Bertz CT molecular complexity index is 376. The predicted octanol–water partition coefficient (Wildman–Crippen LogP) is 2.17. The molecular formula is C12H13NO2. The van der Waals surface area contributed by atoms with Crippen LogP contribution in [0.3, 0.4) is 0 Å². The minimum atomic E-state index is -0.147. The number of carbonyl (C=O) groups is 1. The molecule has 15 heavy (non-hydrogen) atoms. The van der Waals surface area contributed by atoms with Crippen LogP contribution in [0.15, 0.2) is 30.3 Å². The number of hydrogen-bond acceptors (Lipinski definition) is 2. The Hall–Kier alpha value is -1.51. The highest BCUT2D eigenvalue weighted by atomic mass is 16.6. The first-order valence-electron chi connectivity index (χ1n) is 5.36. The van der Waals surface area contributed by atoms with E-state index in [1.165, 1.54) is 5.56 Å². The largest absolute Gasteiger partial charge is 0.444 e. The maximum absolute atomic E-state index is 11.5. The van der Waals surface area contributed by atoms with Crippen LogP contribution in [-0.2, 0) is 11.3 Å². The molecular weight excluding hydrogens is 190 g/mol. The summed E-state index contributed by atoms with van der Waals surface area (Å²) in [5.74, 6) is 0. The lowest BCUT2D eigenvalue weighted by molar-refractivity contribution is 0.0838. The first kappa shape index (κ1) is 8.77. The fourth-order valence-electron chi connectivity index (χ4n) is 2.24. The molecule has 1 amide bonds. The third kappa shape index (κ3) is 1.39. The van der Waals surface area contributed by atoms with Crippen LogP contribution in [0.2, 0.25) is 0 Å². The standard InChI is InChI=1S/C12H13NO2/c14-12-13(10-6-7-11(10)15-12)8-9-4-2-1-3-5-9/h1-5,10-11H,6-8H2/t10-,11+/m1/s1. The van der Waals surface area contributed by atoms with E-state index in [9.17, 15) is 4.79 Å². The predicted molar refractivity (Wildman–Crippen MR) is 55.3 cm³/mol. The lowest BCUT2D eigenvalue weighted by Gasteiger charge is -2.31. The topological polar surface area (TPSA) is 29.5 Å². The Kier molecular flexibility index (Phi) is 1.91. The molecule has 0 spiro atoms. The molecule has 0 N–H and O–H groups in total. The van der Waals surface area contributed by atoms with Crippen molar-refractivity contribution in [1.82, 2.24) is 4.90 Å². The van der Waals surface area contributed by atoms with Gasteiger partial charge in [-0.05, 0) is 18.4 Å². The molecule has 78 valence electrons. The van der Waals surface area contributed by atoms with Crippen LogP contribution in [-0.4, -0.2) is 23.1 Å². The maximum Gasteiger partial charge on any atom is 0.410 e. The lowest BCUT2D eigenvalue weighted by Crippen LogP contribution is -2.42. The summed E-state index contributed by atoms with van der Waals surface area (Å²) in [7, 11) is 0. The van der Waals surface area contributed by atoms with Crippen LogP contribution in [0.25, 0.3) is 0 Å². The number of benzene rings is 1. The minimum absolute atomic E-state index is 0.147.